The Balaban J connectivity index is 5.99. The molecule has 0 heterocycles. The van der Waals surface area contributed by atoms with Gasteiger partial charge in [-0.2, -0.15) is 0 Å². The Hall–Kier alpha value is -7.25. The van der Waals surface area contributed by atoms with Crippen LogP contribution in [-0.4, -0.2) is 193 Å². The molecule has 0 spiro atoms. The zero-order valence-electron chi connectivity index (χ0n) is 50.7. The number of carbonyl (C=O) groups is 15. The Morgan fingerprint density at radius 1 is 0.330 bits per heavy atom. The van der Waals surface area contributed by atoms with Crippen molar-refractivity contribution in [3.63, 3.8) is 0 Å². The van der Waals surface area contributed by atoms with Crippen molar-refractivity contribution in [3.05, 3.63) is 0 Å². The number of unbranched alkanes of at least 4 members (excludes halogenated alkanes) is 18. The van der Waals surface area contributed by atoms with Crippen molar-refractivity contribution in [2.75, 3.05) is 36.1 Å². The molecule has 10 amide bonds. The van der Waals surface area contributed by atoms with Crippen LogP contribution in [0.1, 0.15) is 181 Å². The number of hydrogen-bond donors (Lipinski definition) is 15. The number of carbonyl (C=O) groups excluding carboxylic acids is 10. The monoisotopic (exact) mass is 1290 g/mol. The summed E-state index contributed by atoms with van der Waals surface area (Å²) in [4.78, 5) is 190. The molecule has 88 heavy (non-hydrogen) atoms. The summed E-state index contributed by atoms with van der Waals surface area (Å²) in [5, 5.41) is 67.9. The number of carboxylic acid groups (broad SMARTS) is 5. The quantitative estimate of drug-likeness (QED) is 0.0375. The van der Waals surface area contributed by atoms with Crippen LogP contribution in [0.4, 0.5) is 0 Å². The van der Waals surface area contributed by atoms with Crippen molar-refractivity contribution in [1.29, 1.82) is 0 Å². The van der Waals surface area contributed by atoms with Gasteiger partial charge in [0.15, 0.2) is 0 Å². The summed E-state index contributed by atoms with van der Waals surface area (Å²) < 4.78 is 0. The van der Waals surface area contributed by atoms with E-state index in [0.717, 1.165) is 94.7 Å². The summed E-state index contributed by atoms with van der Waals surface area (Å²) >= 11 is 1.81. The summed E-state index contributed by atoms with van der Waals surface area (Å²) in [6.07, 6.45) is 15.5. The van der Waals surface area contributed by atoms with Crippen molar-refractivity contribution in [2.45, 2.75) is 224 Å². The number of carboxylic acids is 5. The van der Waals surface area contributed by atoms with Crippen LogP contribution in [0, 0.1) is 0 Å². The van der Waals surface area contributed by atoms with Crippen LogP contribution in [0.15, 0.2) is 0 Å². The number of rotatable bonds is 54. The van der Waals surface area contributed by atoms with Crippen LogP contribution < -0.4 is 53.6 Å². The van der Waals surface area contributed by atoms with E-state index in [0.29, 0.717) is 13.1 Å². The Morgan fingerprint density at radius 3 is 0.795 bits per heavy atom. The third kappa shape index (κ3) is 41.8. The first-order valence-corrected chi connectivity index (χ1v) is 32.2. The van der Waals surface area contributed by atoms with E-state index in [2.05, 4.69) is 40.4 Å². The van der Waals surface area contributed by atoms with Crippen LogP contribution in [0.25, 0.3) is 0 Å². The molecule has 0 fully saturated rings. The summed E-state index contributed by atoms with van der Waals surface area (Å²) in [6.45, 7) is 6.19. The van der Waals surface area contributed by atoms with Gasteiger partial charge in [0.25, 0.3) is 0 Å². The normalized spacial score (nSPS) is 13.3. The highest BCUT2D eigenvalue weighted by molar-refractivity contribution is 8.00. The second-order valence-corrected chi connectivity index (χ2v) is 23.2. The number of aliphatic carboxylic acids is 5. The number of primary amides is 1. The van der Waals surface area contributed by atoms with E-state index in [9.17, 15) is 97.5 Å². The first kappa shape index (κ1) is 80.8. The highest BCUT2D eigenvalue weighted by Crippen LogP contribution is 2.13. The second-order valence-electron chi connectivity index (χ2n) is 21.1. The van der Waals surface area contributed by atoms with E-state index in [1.807, 2.05) is 21.3 Å². The molecule has 0 saturated carbocycles. The minimum Gasteiger partial charge on any atom is -0.481 e. The number of nitrogens with two attached hydrogens (primary N) is 1. The van der Waals surface area contributed by atoms with Crippen LogP contribution >= 0.6 is 23.5 Å². The fraction of sp³-hybridized carbons (Fsp3) is 0.732. The SMILES string of the molecule is CCCCCCCCCCCCNC(=O)CSC[C@H](NC(=O)[C@H](CC(=O)O)NC(=O)[C@H](CC(=O)O)NC(=O)[C@H](CC(=O)O)NC(=O)[C@H](CC(=O)O)NC(=O)[C@H](CC(=O)O)NC(=O)[C@H](CSCC(=O)NCCCCCCCCCCCC)NC(C)=O)C(N)=O. The van der Waals surface area contributed by atoms with Gasteiger partial charge in [-0.25, -0.2) is 0 Å². The van der Waals surface area contributed by atoms with Crippen molar-refractivity contribution in [3.8, 4) is 0 Å². The number of nitrogens with one attached hydrogen (secondary N) is 9. The maximum absolute atomic E-state index is 13.7. The lowest BCUT2D eigenvalue weighted by molar-refractivity contribution is -0.145. The summed E-state index contributed by atoms with van der Waals surface area (Å²) in [5.41, 5.74) is 5.46. The van der Waals surface area contributed by atoms with Crippen LogP contribution in [0.2, 0.25) is 0 Å². The molecule has 0 aromatic carbocycles. The highest BCUT2D eigenvalue weighted by Gasteiger charge is 2.37. The standard InChI is InChI=1S/C56H94N10O20S2/c1-4-6-8-10-12-14-16-18-20-22-24-58-43(68)33-87-31-41(50(57)80)66-55(85)40(30-49(78)79)64-53(83)38(28-47(74)75)62-51(81)36(26-45(70)71)61-52(82)37(27-46(72)73)63-54(84)39(29-48(76)77)65-56(86)42(60-35(3)67)32-88-34-44(69)59-25-23-21-19-17-15-13-11-9-7-5-2/h36-42H,4-34H2,1-3H3,(H2,57,80)(H,58,68)(H,59,69)(H,60,67)(H,61,82)(H,62,81)(H,63,84)(H,64,83)(H,65,86)(H,66,85)(H,70,71)(H,72,73)(H,74,75)(H,76,77)(H,78,79)/t36-,37-,38-,39-,40-,41-,42-/m0/s1. The van der Waals surface area contributed by atoms with Crippen LogP contribution in [-0.2, 0) is 71.9 Å². The first-order valence-electron chi connectivity index (χ1n) is 29.9. The molecule has 7 atom stereocenters. The van der Waals surface area contributed by atoms with Crippen molar-refractivity contribution in [2.24, 2.45) is 5.73 Å². The van der Waals surface area contributed by atoms with Gasteiger partial charge < -0.3 is 79.1 Å². The van der Waals surface area contributed by atoms with E-state index in [-0.39, 0.29) is 34.8 Å². The predicted octanol–water partition coefficient (Wildman–Crippen LogP) is 0.799. The highest BCUT2D eigenvalue weighted by atomic mass is 32.2. The lowest BCUT2D eigenvalue weighted by atomic mass is 10.1. The molecule has 0 radical (unpaired) electrons. The second kappa shape index (κ2) is 48.7. The number of amides is 10. The molecule has 0 unspecified atom stereocenters. The Labute approximate surface area is 521 Å². The Kier molecular flexibility index (Phi) is 44.7. The zero-order valence-corrected chi connectivity index (χ0v) is 52.3. The van der Waals surface area contributed by atoms with Crippen LogP contribution in [0.3, 0.4) is 0 Å². The van der Waals surface area contributed by atoms with E-state index >= 15 is 0 Å². The molecular formula is C56H94N10O20S2. The smallest absolute Gasteiger partial charge is 0.305 e. The average Bonchev–Trinajstić information content (AvgIpc) is 1.89. The van der Waals surface area contributed by atoms with Gasteiger partial charge in [0, 0.05) is 31.5 Å². The van der Waals surface area contributed by atoms with Crippen molar-refractivity contribution >= 4 is 112 Å². The van der Waals surface area contributed by atoms with E-state index < -0.39 is 152 Å². The molecule has 0 aromatic rings. The fourth-order valence-electron chi connectivity index (χ4n) is 8.50. The minimum atomic E-state index is -2.33. The van der Waals surface area contributed by atoms with Gasteiger partial charge in [-0.05, 0) is 12.8 Å². The third-order valence-corrected chi connectivity index (χ3v) is 15.2. The molecule has 0 aliphatic rings. The molecule has 0 aliphatic heterocycles. The number of thioether (sulfide) groups is 2. The van der Waals surface area contributed by atoms with Gasteiger partial charge in [-0.3, -0.25) is 71.9 Å². The summed E-state index contributed by atoms with van der Waals surface area (Å²) in [5.74, 6) is -21.2. The van der Waals surface area contributed by atoms with Gasteiger partial charge in [0.1, 0.15) is 42.3 Å². The molecule has 0 saturated heterocycles. The summed E-state index contributed by atoms with van der Waals surface area (Å²) in [6, 6.07) is -14.1. The number of hydrogen-bond acceptors (Lipinski definition) is 17. The topological polar surface area (TPSA) is 491 Å². The van der Waals surface area contributed by atoms with Gasteiger partial charge in [0.05, 0.1) is 43.6 Å². The maximum Gasteiger partial charge on any atom is 0.305 e. The van der Waals surface area contributed by atoms with Gasteiger partial charge in [0.2, 0.25) is 59.1 Å². The van der Waals surface area contributed by atoms with E-state index in [4.69, 9.17) is 5.73 Å². The molecular weight excluding hydrogens is 1200 g/mol. The molecule has 30 nitrogen and oxygen atoms in total. The molecule has 16 N–H and O–H groups in total. The molecule has 0 aliphatic carbocycles. The summed E-state index contributed by atoms with van der Waals surface area (Å²) in [7, 11) is 0. The van der Waals surface area contributed by atoms with Crippen molar-refractivity contribution < 1.29 is 97.5 Å². The van der Waals surface area contributed by atoms with Crippen molar-refractivity contribution in [1.82, 2.24) is 47.9 Å². The molecule has 0 aromatic heterocycles. The van der Waals surface area contributed by atoms with Gasteiger partial charge >= 0.3 is 29.8 Å². The zero-order chi connectivity index (χ0) is 66.4. The largest absolute Gasteiger partial charge is 0.481 e. The lowest BCUT2D eigenvalue weighted by Crippen LogP contribution is -2.61. The minimum absolute atomic E-state index is 0.156. The predicted molar refractivity (Wildman–Crippen MR) is 324 cm³/mol. The van der Waals surface area contributed by atoms with E-state index in [1.54, 1.807) is 0 Å². The van der Waals surface area contributed by atoms with Gasteiger partial charge in [-0.15, -0.1) is 23.5 Å². The average molecular weight is 1290 g/mol. The Bertz CT molecular complexity index is 2280. The molecule has 0 bridgehead atoms. The van der Waals surface area contributed by atoms with Gasteiger partial charge in [-0.1, -0.05) is 129 Å². The maximum atomic E-state index is 13.7. The lowest BCUT2D eigenvalue weighted by Gasteiger charge is -2.26. The third-order valence-electron chi connectivity index (χ3n) is 13.2. The molecule has 0 rings (SSSR count). The fourth-order valence-corrected chi connectivity index (χ4v) is 10.3. The Morgan fingerprint density at radius 2 is 0.557 bits per heavy atom. The van der Waals surface area contributed by atoms with E-state index in [1.165, 1.54) is 64.2 Å². The van der Waals surface area contributed by atoms with Crippen LogP contribution in [0.5, 0.6) is 0 Å². The first-order chi connectivity index (χ1) is 41.7. The molecule has 500 valence electrons. The molecule has 32 heteroatoms.